The standard InChI is InChI=1S/C16H16N6/c17-15(16-5-1-2-8-20-16)6-9-19-13-10-21-22(12-13)14-4-3-7-18-11-14/h1-12,15,19H,17H2/b9-6-. The zero-order valence-electron chi connectivity index (χ0n) is 11.9. The first kappa shape index (κ1) is 14.0. The molecule has 3 aromatic rings. The third kappa shape index (κ3) is 3.36. The Morgan fingerprint density at radius 3 is 2.86 bits per heavy atom. The monoisotopic (exact) mass is 292 g/mol. The molecule has 0 amide bonds. The first-order chi connectivity index (χ1) is 10.8. The number of hydrogen-bond acceptors (Lipinski definition) is 5. The molecule has 1 atom stereocenters. The van der Waals surface area contributed by atoms with Crippen molar-refractivity contribution in [2.24, 2.45) is 5.73 Å². The number of pyridine rings is 2. The number of nitrogens with two attached hydrogens (primary N) is 1. The second-order valence-corrected chi connectivity index (χ2v) is 4.67. The molecule has 0 aromatic carbocycles. The Bertz CT molecular complexity index is 736. The lowest BCUT2D eigenvalue weighted by atomic mass is 10.2. The van der Waals surface area contributed by atoms with E-state index in [0.717, 1.165) is 17.1 Å². The SMILES string of the molecule is NC(/C=C\Nc1cnn(-c2cccnc2)c1)c1ccccn1. The van der Waals surface area contributed by atoms with Crippen LogP contribution >= 0.6 is 0 Å². The van der Waals surface area contributed by atoms with Crippen LogP contribution in [0.4, 0.5) is 5.69 Å². The molecule has 22 heavy (non-hydrogen) atoms. The van der Waals surface area contributed by atoms with Crippen LogP contribution in [0.25, 0.3) is 5.69 Å². The van der Waals surface area contributed by atoms with Crippen molar-refractivity contribution in [2.45, 2.75) is 6.04 Å². The Labute approximate surface area is 128 Å². The molecule has 0 aliphatic heterocycles. The van der Waals surface area contributed by atoms with Gasteiger partial charge in [-0.05, 0) is 36.5 Å². The number of nitrogens with zero attached hydrogens (tertiary/aromatic N) is 4. The average molecular weight is 292 g/mol. The second-order valence-electron chi connectivity index (χ2n) is 4.67. The number of rotatable bonds is 5. The van der Waals surface area contributed by atoms with Gasteiger partial charge < -0.3 is 11.1 Å². The molecule has 0 bridgehead atoms. The molecule has 0 spiro atoms. The Hall–Kier alpha value is -2.99. The van der Waals surface area contributed by atoms with Gasteiger partial charge in [0.15, 0.2) is 0 Å². The average Bonchev–Trinajstić information content (AvgIpc) is 3.05. The van der Waals surface area contributed by atoms with Crippen molar-refractivity contribution in [1.82, 2.24) is 19.7 Å². The van der Waals surface area contributed by atoms with Gasteiger partial charge in [0.05, 0.1) is 41.7 Å². The fraction of sp³-hybridized carbons (Fsp3) is 0.0625. The highest BCUT2D eigenvalue weighted by Gasteiger charge is 2.02. The summed E-state index contributed by atoms with van der Waals surface area (Å²) in [4.78, 5) is 8.29. The molecule has 0 fully saturated rings. The van der Waals surface area contributed by atoms with Gasteiger partial charge >= 0.3 is 0 Å². The predicted octanol–water partition coefficient (Wildman–Crippen LogP) is 2.29. The summed E-state index contributed by atoms with van der Waals surface area (Å²) in [6.45, 7) is 0. The summed E-state index contributed by atoms with van der Waals surface area (Å²) in [6, 6.07) is 9.25. The lowest BCUT2D eigenvalue weighted by molar-refractivity contribution is 0.860. The lowest BCUT2D eigenvalue weighted by Gasteiger charge is -2.05. The van der Waals surface area contributed by atoms with Crippen LogP contribution in [0.1, 0.15) is 11.7 Å². The molecule has 0 aliphatic rings. The zero-order valence-corrected chi connectivity index (χ0v) is 11.9. The molecular formula is C16H16N6. The molecule has 110 valence electrons. The quantitative estimate of drug-likeness (QED) is 0.754. The van der Waals surface area contributed by atoms with E-state index in [2.05, 4.69) is 20.4 Å². The Morgan fingerprint density at radius 2 is 2.09 bits per heavy atom. The van der Waals surface area contributed by atoms with Gasteiger partial charge in [-0.25, -0.2) is 4.68 Å². The van der Waals surface area contributed by atoms with Gasteiger partial charge in [0, 0.05) is 12.4 Å². The maximum absolute atomic E-state index is 6.04. The maximum Gasteiger partial charge on any atom is 0.0829 e. The molecule has 6 heteroatoms. The molecular weight excluding hydrogens is 276 g/mol. The van der Waals surface area contributed by atoms with Crippen molar-refractivity contribution in [3.05, 3.63) is 79.3 Å². The molecule has 0 aliphatic carbocycles. The van der Waals surface area contributed by atoms with Crippen molar-refractivity contribution in [3.63, 3.8) is 0 Å². The van der Waals surface area contributed by atoms with E-state index in [0.29, 0.717) is 0 Å². The molecule has 6 nitrogen and oxygen atoms in total. The van der Waals surface area contributed by atoms with Crippen LogP contribution in [0.15, 0.2) is 73.6 Å². The van der Waals surface area contributed by atoms with Gasteiger partial charge in [0.1, 0.15) is 0 Å². The van der Waals surface area contributed by atoms with E-state index in [9.17, 15) is 0 Å². The van der Waals surface area contributed by atoms with E-state index in [1.54, 1.807) is 35.7 Å². The van der Waals surface area contributed by atoms with Crippen LogP contribution in [0.3, 0.4) is 0 Å². The molecule has 0 radical (unpaired) electrons. The van der Waals surface area contributed by atoms with Crippen molar-refractivity contribution in [3.8, 4) is 5.69 Å². The summed E-state index contributed by atoms with van der Waals surface area (Å²) in [5.74, 6) is 0. The van der Waals surface area contributed by atoms with Gasteiger partial charge in [0.25, 0.3) is 0 Å². The van der Waals surface area contributed by atoms with E-state index in [1.165, 1.54) is 0 Å². The van der Waals surface area contributed by atoms with E-state index in [1.807, 2.05) is 42.6 Å². The summed E-state index contributed by atoms with van der Waals surface area (Å²) in [5.41, 5.74) is 8.64. The largest absolute Gasteiger partial charge is 0.359 e. The highest BCUT2D eigenvalue weighted by Crippen LogP contribution is 2.11. The Balaban J connectivity index is 1.63. The molecule has 3 N–H and O–H groups in total. The maximum atomic E-state index is 6.04. The third-order valence-electron chi connectivity index (χ3n) is 3.08. The highest BCUT2D eigenvalue weighted by molar-refractivity contribution is 5.44. The van der Waals surface area contributed by atoms with E-state index in [4.69, 9.17) is 5.73 Å². The van der Waals surface area contributed by atoms with E-state index in [-0.39, 0.29) is 6.04 Å². The van der Waals surface area contributed by atoms with Crippen LogP contribution in [0.2, 0.25) is 0 Å². The van der Waals surface area contributed by atoms with Crippen molar-refractivity contribution in [2.75, 3.05) is 5.32 Å². The first-order valence-electron chi connectivity index (χ1n) is 6.88. The Kier molecular flexibility index (Phi) is 4.22. The summed E-state index contributed by atoms with van der Waals surface area (Å²) in [6.07, 6.45) is 12.5. The van der Waals surface area contributed by atoms with Crippen LogP contribution < -0.4 is 11.1 Å². The van der Waals surface area contributed by atoms with Crippen LogP contribution in [0, 0.1) is 0 Å². The summed E-state index contributed by atoms with van der Waals surface area (Å²) in [7, 11) is 0. The van der Waals surface area contributed by atoms with Crippen molar-refractivity contribution < 1.29 is 0 Å². The molecule has 0 saturated carbocycles. The summed E-state index contributed by atoms with van der Waals surface area (Å²) < 4.78 is 1.75. The molecule has 3 rings (SSSR count). The fourth-order valence-corrected chi connectivity index (χ4v) is 1.95. The van der Waals surface area contributed by atoms with Crippen LogP contribution in [-0.4, -0.2) is 19.7 Å². The molecule has 3 aromatic heterocycles. The van der Waals surface area contributed by atoms with Crippen LogP contribution in [0.5, 0.6) is 0 Å². The van der Waals surface area contributed by atoms with Crippen LogP contribution in [-0.2, 0) is 0 Å². The first-order valence-corrected chi connectivity index (χ1v) is 6.88. The van der Waals surface area contributed by atoms with Gasteiger partial charge in [-0.15, -0.1) is 0 Å². The molecule has 1 unspecified atom stereocenters. The predicted molar refractivity (Wildman–Crippen MR) is 85.3 cm³/mol. The molecule has 0 saturated heterocycles. The smallest absolute Gasteiger partial charge is 0.0829 e. The topological polar surface area (TPSA) is 81.6 Å². The minimum absolute atomic E-state index is 0.248. The van der Waals surface area contributed by atoms with Gasteiger partial charge in [0.2, 0.25) is 0 Å². The lowest BCUT2D eigenvalue weighted by Crippen LogP contribution is -2.09. The van der Waals surface area contributed by atoms with E-state index >= 15 is 0 Å². The fourth-order valence-electron chi connectivity index (χ4n) is 1.95. The number of aromatic nitrogens is 4. The number of hydrogen-bond donors (Lipinski definition) is 2. The van der Waals surface area contributed by atoms with E-state index < -0.39 is 0 Å². The van der Waals surface area contributed by atoms with Gasteiger partial charge in [-0.2, -0.15) is 5.10 Å². The van der Waals surface area contributed by atoms with Crippen molar-refractivity contribution >= 4 is 5.69 Å². The minimum Gasteiger partial charge on any atom is -0.359 e. The van der Waals surface area contributed by atoms with Gasteiger partial charge in [-0.1, -0.05) is 6.07 Å². The Morgan fingerprint density at radius 1 is 1.14 bits per heavy atom. The third-order valence-corrected chi connectivity index (χ3v) is 3.08. The molecule has 3 heterocycles. The minimum atomic E-state index is -0.248. The number of anilines is 1. The van der Waals surface area contributed by atoms with Gasteiger partial charge in [-0.3, -0.25) is 9.97 Å². The second kappa shape index (κ2) is 6.64. The van der Waals surface area contributed by atoms with Crippen molar-refractivity contribution in [1.29, 1.82) is 0 Å². The highest BCUT2D eigenvalue weighted by atomic mass is 15.3. The number of nitrogens with one attached hydrogen (secondary N) is 1. The summed E-state index contributed by atoms with van der Waals surface area (Å²) in [5, 5.41) is 7.42. The normalized spacial score (nSPS) is 12.4. The summed E-state index contributed by atoms with van der Waals surface area (Å²) >= 11 is 0. The zero-order chi connectivity index (χ0) is 15.2.